The molecule has 3 rings (SSSR count). The standard InChI is InChI=1S/C18H16N2OS/c19-11-13-4-7-16(8-5-13)20-18(21)12-22-17-9-6-14-2-1-3-15(14)10-17/h4-10H,1-3,12H2,(H,20,21). The minimum absolute atomic E-state index is 0.0322. The molecule has 0 radical (unpaired) electrons. The average Bonchev–Trinajstić information content (AvgIpc) is 3.01. The molecule has 0 atom stereocenters. The topological polar surface area (TPSA) is 52.9 Å². The van der Waals surface area contributed by atoms with Crippen molar-refractivity contribution in [1.29, 1.82) is 5.26 Å². The highest BCUT2D eigenvalue weighted by atomic mass is 32.2. The minimum atomic E-state index is -0.0322. The number of hydrogen-bond donors (Lipinski definition) is 1. The number of thioether (sulfide) groups is 1. The van der Waals surface area contributed by atoms with E-state index in [0.717, 1.165) is 17.0 Å². The molecule has 0 aliphatic heterocycles. The van der Waals surface area contributed by atoms with Crippen LogP contribution in [0.4, 0.5) is 5.69 Å². The van der Waals surface area contributed by atoms with Gasteiger partial charge < -0.3 is 5.32 Å². The average molecular weight is 308 g/mol. The number of nitrogens with zero attached hydrogens (tertiary/aromatic N) is 1. The van der Waals surface area contributed by atoms with Crippen molar-refractivity contribution in [2.75, 3.05) is 11.1 Å². The highest BCUT2D eigenvalue weighted by molar-refractivity contribution is 8.00. The molecule has 1 amide bonds. The molecular weight excluding hydrogens is 292 g/mol. The Morgan fingerprint density at radius 1 is 1.14 bits per heavy atom. The van der Waals surface area contributed by atoms with Crippen molar-refractivity contribution in [1.82, 2.24) is 0 Å². The van der Waals surface area contributed by atoms with Crippen molar-refractivity contribution in [2.24, 2.45) is 0 Å². The van der Waals surface area contributed by atoms with Gasteiger partial charge in [-0.1, -0.05) is 6.07 Å². The van der Waals surface area contributed by atoms with Gasteiger partial charge in [0.05, 0.1) is 17.4 Å². The third kappa shape index (κ3) is 3.49. The number of fused-ring (bicyclic) bond motifs is 1. The Bertz CT molecular complexity index is 732. The molecule has 0 aromatic heterocycles. The summed E-state index contributed by atoms with van der Waals surface area (Å²) in [5.41, 5.74) is 4.19. The molecule has 1 aliphatic rings. The first kappa shape index (κ1) is 14.7. The summed E-state index contributed by atoms with van der Waals surface area (Å²) in [5, 5.41) is 11.6. The van der Waals surface area contributed by atoms with Gasteiger partial charge in [0.15, 0.2) is 0 Å². The third-order valence-corrected chi connectivity index (χ3v) is 4.73. The third-order valence-electron chi connectivity index (χ3n) is 3.74. The normalized spacial score (nSPS) is 12.5. The van der Waals surface area contributed by atoms with E-state index in [-0.39, 0.29) is 5.91 Å². The fraction of sp³-hybridized carbons (Fsp3) is 0.222. The Morgan fingerprint density at radius 3 is 2.68 bits per heavy atom. The predicted molar refractivity (Wildman–Crippen MR) is 89.0 cm³/mol. The fourth-order valence-electron chi connectivity index (χ4n) is 2.61. The van der Waals surface area contributed by atoms with Crippen LogP contribution in [0.1, 0.15) is 23.1 Å². The zero-order valence-electron chi connectivity index (χ0n) is 12.1. The molecule has 0 heterocycles. The molecule has 110 valence electrons. The first-order chi connectivity index (χ1) is 10.7. The monoisotopic (exact) mass is 308 g/mol. The summed E-state index contributed by atoms with van der Waals surface area (Å²) < 4.78 is 0. The number of carbonyl (C=O) groups is 1. The van der Waals surface area contributed by atoms with Crippen molar-refractivity contribution in [2.45, 2.75) is 24.2 Å². The second-order valence-electron chi connectivity index (χ2n) is 5.31. The van der Waals surface area contributed by atoms with Gasteiger partial charge in [-0.15, -0.1) is 11.8 Å². The number of anilines is 1. The fourth-order valence-corrected chi connectivity index (χ4v) is 3.37. The maximum atomic E-state index is 12.0. The molecule has 4 heteroatoms. The molecule has 0 saturated heterocycles. The minimum Gasteiger partial charge on any atom is -0.325 e. The van der Waals surface area contributed by atoms with E-state index in [1.807, 2.05) is 0 Å². The smallest absolute Gasteiger partial charge is 0.234 e. The van der Waals surface area contributed by atoms with Crippen LogP contribution in [0.15, 0.2) is 47.4 Å². The SMILES string of the molecule is N#Cc1ccc(NC(=O)CSc2ccc3c(c2)CCC3)cc1. The second kappa shape index (κ2) is 6.67. The molecule has 1 N–H and O–H groups in total. The van der Waals surface area contributed by atoms with E-state index >= 15 is 0 Å². The maximum Gasteiger partial charge on any atom is 0.234 e. The summed E-state index contributed by atoms with van der Waals surface area (Å²) in [5.74, 6) is 0.355. The maximum absolute atomic E-state index is 12.0. The van der Waals surface area contributed by atoms with E-state index in [1.54, 1.807) is 36.0 Å². The van der Waals surface area contributed by atoms with Gasteiger partial charge in [-0.3, -0.25) is 4.79 Å². The van der Waals surface area contributed by atoms with E-state index in [1.165, 1.54) is 24.0 Å². The van der Waals surface area contributed by atoms with Crippen molar-refractivity contribution in [3.05, 3.63) is 59.2 Å². The van der Waals surface area contributed by atoms with Gasteiger partial charge in [-0.25, -0.2) is 0 Å². The van der Waals surface area contributed by atoms with Crippen LogP contribution < -0.4 is 5.32 Å². The van der Waals surface area contributed by atoms with E-state index in [0.29, 0.717) is 11.3 Å². The van der Waals surface area contributed by atoms with Crippen LogP contribution in [0.3, 0.4) is 0 Å². The van der Waals surface area contributed by atoms with Crippen LogP contribution in [0.25, 0.3) is 0 Å². The number of amides is 1. The summed E-state index contributed by atoms with van der Waals surface area (Å²) in [6.07, 6.45) is 3.57. The van der Waals surface area contributed by atoms with Gasteiger partial charge in [0.1, 0.15) is 0 Å². The van der Waals surface area contributed by atoms with Crippen molar-refractivity contribution >= 4 is 23.4 Å². The van der Waals surface area contributed by atoms with Crippen LogP contribution in [-0.4, -0.2) is 11.7 Å². The van der Waals surface area contributed by atoms with E-state index < -0.39 is 0 Å². The Hall–Kier alpha value is -2.25. The molecule has 0 fully saturated rings. The zero-order chi connectivity index (χ0) is 15.4. The number of nitriles is 1. The lowest BCUT2D eigenvalue weighted by atomic mass is 10.1. The van der Waals surface area contributed by atoms with Crippen LogP contribution in [0.5, 0.6) is 0 Å². The molecule has 1 aliphatic carbocycles. The van der Waals surface area contributed by atoms with Crippen LogP contribution in [0.2, 0.25) is 0 Å². The van der Waals surface area contributed by atoms with Crippen LogP contribution >= 0.6 is 11.8 Å². The Balaban J connectivity index is 1.54. The van der Waals surface area contributed by atoms with Gasteiger partial charge in [-0.2, -0.15) is 5.26 Å². The van der Waals surface area contributed by atoms with E-state index in [2.05, 4.69) is 29.6 Å². The van der Waals surface area contributed by atoms with Gasteiger partial charge in [0.2, 0.25) is 5.91 Å². The first-order valence-electron chi connectivity index (χ1n) is 7.29. The number of aryl methyl sites for hydroxylation is 2. The lowest BCUT2D eigenvalue weighted by Gasteiger charge is -2.06. The van der Waals surface area contributed by atoms with Gasteiger partial charge in [0.25, 0.3) is 0 Å². The number of hydrogen-bond acceptors (Lipinski definition) is 3. The summed E-state index contributed by atoms with van der Waals surface area (Å²) in [6, 6.07) is 15.4. The molecule has 3 nitrogen and oxygen atoms in total. The second-order valence-corrected chi connectivity index (χ2v) is 6.36. The molecular formula is C18H16N2OS. The van der Waals surface area contributed by atoms with E-state index in [9.17, 15) is 4.79 Å². The molecule has 22 heavy (non-hydrogen) atoms. The molecule has 0 bridgehead atoms. The van der Waals surface area contributed by atoms with Crippen LogP contribution in [0, 0.1) is 11.3 Å². The van der Waals surface area contributed by atoms with Crippen molar-refractivity contribution in [3.8, 4) is 6.07 Å². The lowest BCUT2D eigenvalue weighted by Crippen LogP contribution is -2.13. The van der Waals surface area contributed by atoms with Crippen LogP contribution in [-0.2, 0) is 17.6 Å². The predicted octanol–water partition coefficient (Wildman–Crippen LogP) is 3.78. The van der Waals surface area contributed by atoms with Gasteiger partial charge >= 0.3 is 0 Å². The molecule has 0 spiro atoms. The number of rotatable bonds is 4. The molecule has 2 aromatic rings. The Morgan fingerprint density at radius 2 is 1.91 bits per heavy atom. The quantitative estimate of drug-likeness (QED) is 0.875. The Labute approximate surface area is 134 Å². The van der Waals surface area contributed by atoms with Crippen molar-refractivity contribution < 1.29 is 4.79 Å². The lowest BCUT2D eigenvalue weighted by molar-refractivity contribution is -0.113. The summed E-state index contributed by atoms with van der Waals surface area (Å²) in [4.78, 5) is 13.1. The molecule has 0 saturated carbocycles. The zero-order valence-corrected chi connectivity index (χ0v) is 13.0. The summed E-state index contributed by atoms with van der Waals surface area (Å²) in [6.45, 7) is 0. The summed E-state index contributed by atoms with van der Waals surface area (Å²) >= 11 is 1.56. The Kier molecular flexibility index (Phi) is 4.45. The highest BCUT2D eigenvalue weighted by Crippen LogP contribution is 2.27. The number of nitrogens with one attached hydrogen (secondary N) is 1. The number of carbonyl (C=O) groups excluding carboxylic acids is 1. The van der Waals surface area contributed by atoms with Crippen molar-refractivity contribution in [3.63, 3.8) is 0 Å². The highest BCUT2D eigenvalue weighted by Gasteiger charge is 2.11. The first-order valence-corrected chi connectivity index (χ1v) is 8.28. The molecule has 0 unspecified atom stereocenters. The summed E-state index contributed by atoms with van der Waals surface area (Å²) in [7, 11) is 0. The van der Waals surface area contributed by atoms with Gasteiger partial charge in [0, 0.05) is 10.6 Å². The van der Waals surface area contributed by atoms with E-state index in [4.69, 9.17) is 5.26 Å². The van der Waals surface area contributed by atoms with Gasteiger partial charge in [-0.05, 0) is 66.8 Å². The molecule has 2 aromatic carbocycles. The number of benzene rings is 2. The largest absolute Gasteiger partial charge is 0.325 e.